The van der Waals surface area contributed by atoms with Crippen LogP contribution in [0.1, 0.15) is 11.1 Å². The molecule has 5 heteroatoms. The largest absolute Gasteiger partial charge is 0.508 e. The Balaban J connectivity index is 2.22. The first-order valence-electron chi connectivity index (χ1n) is 5.65. The summed E-state index contributed by atoms with van der Waals surface area (Å²) in [5, 5.41) is 13.3. The normalized spacial score (nSPS) is 10.5. The van der Waals surface area contributed by atoms with Gasteiger partial charge in [-0.3, -0.25) is 0 Å². The monoisotopic (exact) mass is 343 g/mol. The van der Waals surface area contributed by atoms with E-state index >= 15 is 0 Å². The van der Waals surface area contributed by atoms with Crippen LogP contribution >= 0.6 is 27.5 Å². The Morgan fingerprint density at radius 3 is 2.79 bits per heavy atom. The van der Waals surface area contributed by atoms with Crippen LogP contribution < -0.4 is 5.32 Å². The molecule has 100 valence electrons. The van der Waals surface area contributed by atoms with Gasteiger partial charge in [-0.25, -0.2) is 4.39 Å². The van der Waals surface area contributed by atoms with Crippen molar-refractivity contribution in [2.24, 2.45) is 0 Å². The molecule has 2 aromatic carbocycles. The Hall–Kier alpha value is -1.26. The molecule has 19 heavy (non-hydrogen) atoms. The van der Waals surface area contributed by atoms with Crippen LogP contribution in [0.4, 0.5) is 10.1 Å². The lowest BCUT2D eigenvalue weighted by Gasteiger charge is -2.12. The van der Waals surface area contributed by atoms with Crippen LogP contribution in [0.5, 0.6) is 5.75 Å². The van der Waals surface area contributed by atoms with E-state index in [1.165, 1.54) is 6.07 Å². The highest BCUT2D eigenvalue weighted by molar-refractivity contribution is 9.10. The number of hydrogen-bond acceptors (Lipinski definition) is 2. The van der Waals surface area contributed by atoms with Crippen molar-refractivity contribution in [3.05, 3.63) is 56.8 Å². The summed E-state index contributed by atoms with van der Waals surface area (Å²) in [7, 11) is 0. The van der Waals surface area contributed by atoms with E-state index < -0.39 is 0 Å². The highest BCUT2D eigenvalue weighted by atomic mass is 79.9. The first-order valence-corrected chi connectivity index (χ1v) is 6.82. The van der Waals surface area contributed by atoms with Crippen LogP contribution in [0.15, 0.2) is 34.8 Å². The Bertz CT molecular complexity index is 598. The van der Waals surface area contributed by atoms with Gasteiger partial charge in [-0.2, -0.15) is 0 Å². The van der Waals surface area contributed by atoms with Gasteiger partial charge in [0.2, 0.25) is 0 Å². The van der Waals surface area contributed by atoms with Crippen molar-refractivity contribution in [1.82, 2.24) is 0 Å². The fourth-order valence-corrected chi connectivity index (χ4v) is 2.44. The van der Waals surface area contributed by atoms with E-state index in [-0.39, 0.29) is 11.6 Å². The molecule has 0 heterocycles. The highest BCUT2D eigenvalue weighted by Crippen LogP contribution is 2.28. The van der Waals surface area contributed by atoms with Crippen LogP contribution in [0.25, 0.3) is 0 Å². The summed E-state index contributed by atoms with van der Waals surface area (Å²) in [5.41, 5.74) is 2.16. The Labute approximate surface area is 124 Å². The molecule has 2 nitrogen and oxygen atoms in total. The summed E-state index contributed by atoms with van der Waals surface area (Å²) >= 11 is 9.15. The van der Waals surface area contributed by atoms with Crippen LogP contribution in [-0.4, -0.2) is 5.11 Å². The van der Waals surface area contributed by atoms with E-state index in [1.807, 2.05) is 6.92 Å². The predicted molar refractivity (Wildman–Crippen MR) is 79.3 cm³/mol. The molecular formula is C14H12BrClFNO. The zero-order valence-electron chi connectivity index (χ0n) is 10.2. The van der Waals surface area contributed by atoms with Gasteiger partial charge < -0.3 is 10.4 Å². The minimum atomic E-state index is -0.337. The maximum atomic E-state index is 13.5. The third-order valence-electron chi connectivity index (χ3n) is 2.82. The van der Waals surface area contributed by atoms with Gasteiger partial charge >= 0.3 is 0 Å². The molecule has 0 saturated heterocycles. The summed E-state index contributed by atoms with van der Waals surface area (Å²) in [6.45, 7) is 2.20. The molecule has 0 aliphatic heterocycles. The van der Waals surface area contributed by atoms with Gasteiger partial charge in [0.15, 0.2) is 0 Å². The number of hydrogen-bond donors (Lipinski definition) is 2. The standard InChI is InChI=1S/C14H12BrClFNO/c1-8-5-10(15)12(17)6-13(8)18-7-9-11(16)3-2-4-14(9)19/h2-6,18-19H,7H2,1H3. The molecule has 0 radical (unpaired) electrons. The van der Waals surface area contributed by atoms with E-state index in [0.29, 0.717) is 27.3 Å². The number of benzene rings is 2. The molecule has 0 aliphatic carbocycles. The van der Waals surface area contributed by atoms with E-state index in [1.54, 1.807) is 24.3 Å². The van der Waals surface area contributed by atoms with Crippen molar-refractivity contribution >= 4 is 33.2 Å². The van der Waals surface area contributed by atoms with Gasteiger partial charge in [-0.05, 0) is 52.7 Å². The minimum Gasteiger partial charge on any atom is -0.508 e. The average molecular weight is 345 g/mol. The topological polar surface area (TPSA) is 32.3 Å². The Morgan fingerprint density at radius 2 is 2.11 bits per heavy atom. The van der Waals surface area contributed by atoms with Crippen molar-refractivity contribution in [3.8, 4) is 5.75 Å². The maximum absolute atomic E-state index is 13.5. The number of aryl methyl sites for hydroxylation is 1. The third-order valence-corrected chi connectivity index (χ3v) is 3.78. The molecule has 0 fully saturated rings. The smallest absolute Gasteiger partial charge is 0.139 e. The molecule has 0 saturated carbocycles. The molecule has 2 rings (SSSR count). The lowest BCUT2D eigenvalue weighted by atomic mass is 10.1. The van der Waals surface area contributed by atoms with Gasteiger partial charge in [0, 0.05) is 22.8 Å². The number of halogens is 3. The molecule has 0 aromatic heterocycles. The second-order valence-electron chi connectivity index (χ2n) is 4.17. The lowest BCUT2D eigenvalue weighted by molar-refractivity contribution is 0.469. The number of nitrogens with one attached hydrogen (secondary N) is 1. The molecular weight excluding hydrogens is 333 g/mol. The van der Waals surface area contributed by atoms with Crippen molar-refractivity contribution in [2.75, 3.05) is 5.32 Å². The quantitative estimate of drug-likeness (QED) is 0.833. The summed E-state index contributed by atoms with van der Waals surface area (Å²) in [5.74, 6) is -0.216. The number of aromatic hydroxyl groups is 1. The zero-order valence-corrected chi connectivity index (χ0v) is 12.5. The summed E-state index contributed by atoms with van der Waals surface area (Å²) < 4.78 is 13.9. The van der Waals surface area contributed by atoms with Gasteiger partial charge in [0.1, 0.15) is 11.6 Å². The van der Waals surface area contributed by atoms with E-state index in [4.69, 9.17) is 11.6 Å². The SMILES string of the molecule is Cc1cc(Br)c(F)cc1NCc1c(O)cccc1Cl. The second kappa shape index (κ2) is 5.80. The Morgan fingerprint density at radius 1 is 1.37 bits per heavy atom. The molecule has 0 amide bonds. The van der Waals surface area contributed by atoms with Crippen LogP contribution in [0, 0.1) is 12.7 Å². The molecule has 0 unspecified atom stereocenters. The highest BCUT2D eigenvalue weighted by Gasteiger charge is 2.08. The summed E-state index contributed by atoms with van der Waals surface area (Å²) in [4.78, 5) is 0. The number of phenols is 1. The summed E-state index contributed by atoms with van der Waals surface area (Å²) in [6, 6.07) is 8.05. The van der Waals surface area contributed by atoms with Crippen molar-refractivity contribution in [1.29, 1.82) is 0 Å². The molecule has 0 aliphatic rings. The van der Waals surface area contributed by atoms with Crippen LogP contribution in [0.3, 0.4) is 0 Å². The zero-order chi connectivity index (χ0) is 14.0. The molecule has 0 atom stereocenters. The van der Waals surface area contributed by atoms with E-state index in [0.717, 1.165) is 5.56 Å². The van der Waals surface area contributed by atoms with Crippen LogP contribution in [0.2, 0.25) is 5.02 Å². The minimum absolute atomic E-state index is 0.121. The maximum Gasteiger partial charge on any atom is 0.139 e. The predicted octanol–water partition coefficient (Wildman–Crippen LogP) is 4.87. The fraction of sp³-hybridized carbons (Fsp3) is 0.143. The number of rotatable bonds is 3. The van der Waals surface area contributed by atoms with Crippen molar-refractivity contribution < 1.29 is 9.50 Å². The van der Waals surface area contributed by atoms with E-state index in [9.17, 15) is 9.50 Å². The molecule has 2 N–H and O–H groups in total. The fourth-order valence-electron chi connectivity index (χ4n) is 1.74. The second-order valence-corrected chi connectivity index (χ2v) is 5.43. The molecule has 0 bridgehead atoms. The summed E-state index contributed by atoms with van der Waals surface area (Å²) in [6.07, 6.45) is 0. The van der Waals surface area contributed by atoms with Gasteiger partial charge in [-0.15, -0.1) is 0 Å². The average Bonchev–Trinajstić information content (AvgIpc) is 2.34. The van der Waals surface area contributed by atoms with Crippen molar-refractivity contribution in [2.45, 2.75) is 13.5 Å². The van der Waals surface area contributed by atoms with Crippen LogP contribution in [-0.2, 0) is 6.54 Å². The number of phenolic OH excluding ortho intramolecular Hbond substituents is 1. The first-order chi connectivity index (χ1) is 8.99. The molecule has 2 aromatic rings. The lowest BCUT2D eigenvalue weighted by Crippen LogP contribution is -2.02. The third kappa shape index (κ3) is 3.19. The first kappa shape index (κ1) is 14.2. The van der Waals surface area contributed by atoms with E-state index in [2.05, 4.69) is 21.2 Å². The van der Waals surface area contributed by atoms with Crippen molar-refractivity contribution in [3.63, 3.8) is 0 Å². The Kier molecular flexibility index (Phi) is 4.32. The number of anilines is 1. The van der Waals surface area contributed by atoms with Gasteiger partial charge in [-0.1, -0.05) is 17.7 Å². The molecule has 0 spiro atoms. The van der Waals surface area contributed by atoms with Gasteiger partial charge in [0.25, 0.3) is 0 Å². The van der Waals surface area contributed by atoms with Gasteiger partial charge in [0.05, 0.1) is 4.47 Å².